The minimum atomic E-state index is -1.21. The van der Waals surface area contributed by atoms with Crippen molar-refractivity contribution in [3.63, 3.8) is 0 Å². The van der Waals surface area contributed by atoms with Gasteiger partial charge in [-0.1, -0.05) is 0 Å². The van der Waals surface area contributed by atoms with Crippen molar-refractivity contribution in [2.75, 3.05) is 12.4 Å². The van der Waals surface area contributed by atoms with E-state index in [1.165, 1.54) is 18.4 Å². The third-order valence-corrected chi connectivity index (χ3v) is 4.33. The topological polar surface area (TPSA) is 92.7 Å². The maximum atomic E-state index is 11.9. The van der Waals surface area contributed by atoms with Crippen LogP contribution in [0.2, 0.25) is 0 Å². The standard InChI is InChI=1S/C13H15NO5S/c1-19-13(18)11-7-4-2-3-5-8(7)20-12(11)14-9(15)6-10(16)17/h2-6H2,1H3,(H,14,15)(H,16,17). The van der Waals surface area contributed by atoms with Crippen LogP contribution >= 0.6 is 11.3 Å². The molecule has 0 fully saturated rings. The minimum Gasteiger partial charge on any atom is -0.481 e. The van der Waals surface area contributed by atoms with Crippen LogP contribution in [0.1, 0.15) is 40.1 Å². The lowest BCUT2D eigenvalue weighted by Gasteiger charge is -2.11. The Morgan fingerprint density at radius 1 is 1.30 bits per heavy atom. The number of nitrogens with one attached hydrogen (secondary N) is 1. The van der Waals surface area contributed by atoms with Crippen LogP contribution in [0.15, 0.2) is 0 Å². The molecule has 1 heterocycles. The van der Waals surface area contributed by atoms with Crippen LogP contribution in [0.25, 0.3) is 0 Å². The number of carbonyl (C=O) groups excluding carboxylic acids is 2. The van der Waals surface area contributed by atoms with Gasteiger partial charge in [-0.2, -0.15) is 0 Å². The lowest BCUT2D eigenvalue weighted by molar-refractivity contribution is -0.139. The average molecular weight is 297 g/mol. The summed E-state index contributed by atoms with van der Waals surface area (Å²) in [6.07, 6.45) is 3.08. The van der Waals surface area contributed by atoms with Gasteiger partial charge in [0.05, 0.1) is 12.7 Å². The van der Waals surface area contributed by atoms with Gasteiger partial charge < -0.3 is 15.2 Å². The van der Waals surface area contributed by atoms with Crippen molar-refractivity contribution in [1.29, 1.82) is 0 Å². The van der Waals surface area contributed by atoms with Crippen molar-refractivity contribution < 1.29 is 24.2 Å². The Labute approximate surface area is 119 Å². The minimum absolute atomic E-state index is 0.380. The van der Waals surface area contributed by atoms with Crippen molar-refractivity contribution in [2.45, 2.75) is 32.1 Å². The zero-order valence-electron chi connectivity index (χ0n) is 11.0. The molecule has 108 valence electrons. The number of fused-ring (bicyclic) bond motifs is 1. The third kappa shape index (κ3) is 2.98. The first-order valence-electron chi connectivity index (χ1n) is 6.27. The summed E-state index contributed by atoms with van der Waals surface area (Å²) in [7, 11) is 1.29. The van der Waals surface area contributed by atoms with Crippen molar-refractivity contribution in [1.82, 2.24) is 0 Å². The molecule has 0 unspecified atom stereocenters. The molecule has 0 bridgehead atoms. The van der Waals surface area contributed by atoms with Gasteiger partial charge in [-0.15, -0.1) is 11.3 Å². The highest BCUT2D eigenvalue weighted by Gasteiger charge is 2.27. The lowest BCUT2D eigenvalue weighted by Crippen LogP contribution is -2.17. The summed E-state index contributed by atoms with van der Waals surface area (Å²) < 4.78 is 4.76. The molecule has 0 saturated carbocycles. The van der Waals surface area contributed by atoms with Crippen molar-refractivity contribution >= 4 is 34.2 Å². The quantitative estimate of drug-likeness (QED) is 0.653. The molecule has 2 N–H and O–H groups in total. The van der Waals surface area contributed by atoms with Crippen LogP contribution < -0.4 is 5.32 Å². The first-order valence-corrected chi connectivity index (χ1v) is 7.09. The Balaban J connectivity index is 2.31. The Bertz CT molecular complexity index is 563. The number of hydrogen-bond donors (Lipinski definition) is 2. The highest BCUT2D eigenvalue weighted by atomic mass is 32.1. The molecule has 1 aromatic heterocycles. The van der Waals surface area contributed by atoms with Gasteiger partial charge in [-0.05, 0) is 31.2 Å². The number of rotatable bonds is 4. The van der Waals surface area contributed by atoms with Crippen molar-refractivity contribution in [2.24, 2.45) is 0 Å². The number of carboxylic acid groups (broad SMARTS) is 1. The summed E-state index contributed by atoms with van der Waals surface area (Å²) in [6.45, 7) is 0. The smallest absolute Gasteiger partial charge is 0.341 e. The highest BCUT2D eigenvalue weighted by molar-refractivity contribution is 7.17. The first kappa shape index (κ1) is 14.5. The number of amides is 1. The van der Waals surface area contributed by atoms with Crippen LogP contribution in [0, 0.1) is 0 Å². The summed E-state index contributed by atoms with van der Waals surface area (Å²) in [5.74, 6) is -2.33. The summed E-state index contributed by atoms with van der Waals surface area (Å²) in [5.41, 5.74) is 1.31. The van der Waals surface area contributed by atoms with Gasteiger partial charge in [0.1, 0.15) is 11.4 Å². The second kappa shape index (κ2) is 6.04. The first-order chi connectivity index (χ1) is 9.52. The largest absolute Gasteiger partial charge is 0.481 e. The maximum Gasteiger partial charge on any atom is 0.341 e. The molecule has 1 aliphatic rings. The SMILES string of the molecule is COC(=O)c1c(NC(=O)CC(=O)O)sc2c1CCCC2. The van der Waals surface area contributed by atoms with Gasteiger partial charge in [0.25, 0.3) is 0 Å². The fourth-order valence-electron chi connectivity index (χ4n) is 2.28. The molecular weight excluding hydrogens is 282 g/mol. The van der Waals surface area contributed by atoms with E-state index in [1.54, 1.807) is 0 Å². The predicted molar refractivity (Wildman–Crippen MR) is 73.2 cm³/mol. The number of ether oxygens (including phenoxy) is 1. The Hall–Kier alpha value is -1.89. The number of aliphatic carboxylic acids is 1. The van der Waals surface area contributed by atoms with Crippen molar-refractivity contribution in [3.05, 3.63) is 16.0 Å². The second-order valence-corrected chi connectivity index (χ2v) is 5.63. The molecule has 0 aromatic carbocycles. The van der Waals surface area contributed by atoms with Gasteiger partial charge >= 0.3 is 11.9 Å². The molecule has 7 heteroatoms. The predicted octanol–water partition coefficient (Wildman–Crippen LogP) is 1.83. The zero-order valence-corrected chi connectivity index (χ0v) is 11.8. The number of esters is 1. The molecule has 0 atom stereocenters. The lowest BCUT2D eigenvalue weighted by atomic mass is 9.95. The van der Waals surface area contributed by atoms with Gasteiger partial charge in [-0.3, -0.25) is 9.59 Å². The third-order valence-electron chi connectivity index (χ3n) is 3.13. The van der Waals surface area contributed by atoms with Gasteiger partial charge in [0.2, 0.25) is 5.91 Å². The van der Waals surface area contributed by atoms with E-state index in [9.17, 15) is 14.4 Å². The van der Waals surface area contributed by atoms with Crippen LogP contribution in [-0.4, -0.2) is 30.1 Å². The van der Waals surface area contributed by atoms with E-state index < -0.39 is 24.3 Å². The molecule has 0 spiro atoms. The van der Waals surface area contributed by atoms with Gasteiger partial charge in [0.15, 0.2) is 0 Å². The van der Waals surface area contributed by atoms with Crippen LogP contribution in [0.4, 0.5) is 5.00 Å². The van der Waals surface area contributed by atoms with E-state index in [1.807, 2.05) is 0 Å². The van der Waals surface area contributed by atoms with E-state index in [-0.39, 0.29) is 0 Å². The highest BCUT2D eigenvalue weighted by Crippen LogP contribution is 2.38. The van der Waals surface area contributed by atoms with E-state index >= 15 is 0 Å². The number of aryl methyl sites for hydroxylation is 1. The molecule has 2 rings (SSSR count). The average Bonchev–Trinajstić information content (AvgIpc) is 2.74. The summed E-state index contributed by atoms with van der Waals surface area (Å²) in [6, 6.07) is 0. The molecule has 0 radical (unpaired) electrons. The normalized spacial score (nSPS) is 13.4. The van der Waals surface area contributed by atoms with E-state index in [0.29, 0.717) is 10.6 Å². The number of carboxylic acids is 1. The van der Waals surface area contributed by atoms with E-state index in [2.05, 4.69) is 5.32 Å². The Kier molecular flexibility index (Phi) is 4.39. The van der Waals surface area contributed by atoms with Crippen LogP contribution in [0.5, 0.6) is 0 Å². The molecular formula is C13H15NO5S. The van der Waals surface area contributed by atoms with E-state index in [0.717, 1.165) is 36.1 Å². The van der Waals surface area contributed by atoms with Crippen molar-refractivity contribution in [3.8, 4) is 0 Å². The Morgan fingerprint density at radius 2 is 2.00 bits per heavy atom. The molecule has 6 nitrogen and oxygen atoms in total. The number of carbonyl (C=O) groups is 3. The number of methoxy groups -OCH3 is 1. The molecule has 0 saturated heterocycles. The fourth-order valence-corrected chi connectivity index (χ4v) is 3.57. The van der Waals surface area contributed by atoms with E-state index in [4.69, 9.17) is 9.84 Å². The zero-order chi connectivity index (χ0) is 14.7. The van der Waals surface area contributed by atoms with Gasteiger partial charge in [0, 0.05) is 4.88 Å². The van der Waals surface area contributed by atoms with Gasteiger partial charge in [-0.25, -0.2) is 4.79 Å². The van der Waals surface area contributed by atoms with Crippen LogP contribution in [0.3, 0.4) is 0 Å². The number of hydrogen-bond acceptors (Lipinski definition) is 5. The molecule has 1 aliphatic carbocycles. The molecule has 1 aromatic rings. The fraction of sp³-hybridized carbons (Fsp3) is 0.462. The second-order valence-electron chi connectivity index (χ2n) is 4.53. The monoisotopic (exact) mass is 297 g/mol. The Morgan fingerprint density at radius 3 is 2.65 bits per heavy atom. The number of anilines is 1. The summed E-state index contributed by atoms with van der Waals surface area (Å²) >= 11 is 1.34. The molecule has 1 amide bonds. The maximum absolute atomic E-state index is 11.9. The molecule has 20 heavy (non-hydrogen) atoms. The summed E-state index contributed by atoms with van der Waals surface area (Å²) in [4.78, 5) is 35.0. The number of thiophene rings is 1. The molecule has 0 aliphatic heterocycles. The summed E-state index contributed by atoms with van der Waals surface area (Å²) in [5, 5.41) is 11.5. The van der Waals surface area contributed by atoms with Crippen LogP contribution in [-0.2, 0) is 27.2 Å².